The van der Waals surface area contributed by atoms with Gasteiger partial charge in [-0.25, -0.2) is 35.9 Å². The Bertz CT molecular complexity index is 2800. The van der Waals surface area contributed by atoms with Crippen molar-refractivity contribution in [1.29, 1.82) is 0 Å². The molecule has 29 nitrogen and oxygen atoms in total. The molecule has 2 N–H and O–H groups in total. The number of phenols is 1. The van der Waals surface area contributed by atoms with Crippen LogP contribution in [0.15, 0.2) is 24.3 Å². The Morgan fingerprint density at radius 3 is 0.664 bits per heavy atom. The molecule has 612 valence electrons. The van der Waals surface area contributed by atoms with E-state index in [9.17, 15) is 58.6 Å². The van der Waals surface area contributed by atoms with Gasteiger partial charge in [0.05, 0.1) is 209 Å². The van der Waals surface area contributed by atoms with Crippen molar-refractivity contribution in [3.63, 3.8) is 0 Å². The van der Waals surface area contributed by atoms with E-state index in [-0.39, 0.29) is 152 Å². The van der Waals surface area contributed by atoms with Crippen molar-refractivity contribution >= 4 is 11.9 Å². The lowest BCUT2D eigenvalue weighted by Gasteiger charge is -2.19. The van der Waals surface area contributed by atoms with Crippen molar-refractivity contribution in [1.82, 2.24) is 0 Å². The fraction of sp³-hybridized carbons (Fsp3) is 0.618. The number of hydrogen-bond acceptors (Lipinski definition) is 28. The predicted octanol–water partition coefficient (Wildman–Crippen LogP) is 7.42. The minimum atomic E-state index is -2.41. The highest BCUT2D eigenvalue weighted by atomic mass is 19.2. The molecule has 107 heavy (non-hydrogen) atoms. The van der Waals surface area contributed by atoms with Gasteiger partial charge in [-0.15, -0.1) is 0 Å². The van der Waals surface area contributed by atoms with Crippen LogP contribution in [0.5, 0.6) is 46.0 Å². The van der Waals surface area contributed by atoms with Gasteiger partial charge in [0.25, 0.3) is 0 Å². The molecule has 0 aliphatic carbocycles. The quantitative estimate of drug-likeness (QED) is 0.0108. The lowest BCUT2D eigenvalue weighted by Crippen LogP contribution is -2.17. The Hall–Kier alpha value is -7.00. The Morgan fingerprint density at radius 1 is 0.252 bits per heavy atom. The van der Waals surface area contributed by atoms with Gasteiger partial charge in [0.2, 0.25) is 75.4 Å². The molecule has 4 rings (SSSR count). The number of phenolic OH excluding ortho intramolecular Hbond substituents is 1. The van der Waals surface area contributed by atoms with E-state index in [1.807, 2.05) is 0 Å². The van der Waals surface area contributed by atoms with Crippen LogP contribution in [-0.4, -0.2) is 303 Å². The number of hydrogen-bond donors (Lipinski definition) is 2. The van der Waals surface area contributed by atoms with E-state index in [0.29, 0.717) is 126 Å². The summed E-state index contributed by atoms with van der Waals surface area (Å²) in [7, 11) is 9.46. The predicted molar refractivity (Wildman–Crippen MR) is 353 cm³/mol. The molecule has 0 radical (unpaired) electrons. The maximum Gasteiger partial charge on any atom is 0.344 e. The number of esters is 1. The van der Waals surface area contributed by atoms with E-state index >= 15 is 0 Å². The van der Waals surface area contributed by atoms with Gasteiger partial charge in [-0.3, -0.25) is 0 Å². The smallest absolute Gasteiger partial charge is 0.344 e. The molecule has 0 bridgehead atoms. The van der Waals surface area contributed by atoms with Crippen LogP contribution in [-0.2, 0) is 85.3 Å². The van der Waals surface area contributed by atoms with Crippen LogP contribution < -0.4 is 33.2 Å². The molecule has 4 aromatic rings. The molecule has 0 aliphatic heterocycles. The maximum absolute atomic E-state index is 14.4. The van der Waals surface area contributed by atoms with Crippen LogP contribution in [0.25, 0.3) is 0 Å². The van der Waals surface area contributed by atoms with Gasteiger partial charge in [0, 0.05) is 42.7 Å². The topological polar surface area (TPSA) is 305 Å². The van der Waals surface area contributed by atoms with Crippen molar-refractivity contribution in [3.05, 3.63) is 93.6 Å². The number of carbonyl (C=O) groups excluding carboxylic acids is 1. The molecule has 0 aromatic heterocycles. The summed E-state index contributed by atoms with van der Waals surface area (Å²) >= 11 is 0. The van der Waals surface area contributed by atoms with Crippen molar-refractivity contribution in [2.45, 2.75) is 0 Å². The van der Waals surface area contributed by atoms with Crippen molar-refractivity contribution in [3.8, 4) is 46.0 Å². The first-order valence-electron chi connectivity index (χ1n) is 33.0. The van der Waals surface area contributed by atoms with Gasteiger partial charge in [0.1, 0.15) is 39.6 Å². The van der Waals surface area contributed by atoms with Gasteiger partial charge < -0.3 is 129 Å². The minimum absolute atomic E-state index is 0.0106. The van der Waals surface area contributed by atoms with Crippen LogP contribution in [0.1, 0.15) is 20.7 Å². The number of ether oxygens (including phenoxy) is 25. The molecule has 0 saturated heterocycles. The molecule has 0 atom stereocenters. The van der Waals surface area contributed by atoms with Crippen LogP contribution in [0.3, 0.4) is 0 Å². The molecule has 0 fully saturated rings. The van der Waals surface area contributed by atoms with E-state index in [1.54, 1.807) is 42.7 Å². The third-order valence-corrected chi connectivity index (χ3v) is 12.8. The first-order chi connectivity index (χ1) is 51.9. The van der Waals surface area contributed by atoms with Gasteiger partial charge in [0.15, 0.2) is 28.7 Å². The number of aromatic carboxylic acids is 1. The lowest BCUT2D eigenvalue weighted by atomic mass is 10.1. The summed E-state index contributed by atoms with van der Waals surface area (Å²) in [4.78, 5) is 24.9. The van der Waals surface area contributed by atoms with Crippen LogP contribution in [0.2, 0.25) is 0 Å². The molecule has 39 heteroatoms. The summed E-state index contributed by atoms with van der Waals surface area (Å²) in [6.07, 6.45) is 0. The van der Waals surface area contributed by atoms with E-state index in [0.717, 1.165) is 12.1 Å². The summed E-state index contributed by atoms with van der Waals surface area (Å²) in [6.45, 7) is 10.6. The number of halogens is 10. The zero-order valence-electron chi connectivity index (χ0n) is 60.5. The van der Waals surface area contributed by atoms with Crippen LogP contribution >= 0.6 is 0 Å². The summed E-state index contributed by atoms with van der Waals surface area (Å²) < 4.78 is 265. The number of rotatable bonds is 63. The molecule has 0 unspecified atom stereocenters. The number of methoxy groups -OCH3 is 6. The highest BCUT2D eigenvalue weighted by molar-refractivity contribution is 5.93. The fourth-order valence-electron chi connectivity index (χ4n) is 7.56. The summed E-state index contributed by atoms with van der Waals surface area (Å²) in [5, 5.41) is 17.9. The number of carboxylic acid groups (broad SMARTS) is 1. The first kappa shape index (κ1) is 96.1. The number of benzene rings is 4. The molecule has 0 spiro atoms. The average molecular weight is 1570 g/mol. The largest absolute Gasteiger partial charge is 0.503 e. The Labute approximate surface area is 612 Å². The molecule has 4 aromatic carbocycles. The van der Waals surface area contributed by atoms with E-state index in [2.05, 4.69) is 4.74 Å². The van der Waals surface area contributed by atoms with Crippen LogP contribution in [0.4, 0.5) is 43.9 Å². The SMILES string of the molecule is COCCOCCOCCOc1cc(C(=O)O)cc(OCCOCCOCCOC)c1OCCOCCOCCOC.COCCOCCOCCOc1cc(C(=O)Oc2c(F)c(F)c(F)c(F)c2F)cc(OCCOCCOCCOC)c1OCCOCCOCCOC.Oc1c(F)c(F)c(F)c(F)c1F. The number of carbonyl (C=O) groups is 2. The first-order valence-corrected chi connectivity index (χ1v) is 33.0. The Balaban J connectivity index is 0.000000638. The lowest BCUT2D eigenvalue weighted by molar-refractivity contribution is 0.0146. The van der Waals surface area contributed by atoms with Gasteiger partial charge >= 0.3 is 11.9 Å². The van der Waals surface area contributed by atoms with Crippen molar-refractivity contribution in [2.75, 3.05) is 281 Å². The van der Waals surface area contributed by atoms with E-state index in [4.69, 9.17) is 119 Å². The molecule has 0 aliphatic rings. The number of aromatic hydroxyl groups is 1. The van der Waals surface area contributed by atoms with Gasteiger partial charge in [-0.05, 0) is 24.3 Å². The summed E-state index contributed by atoms with van der Waals surface area (Å²) in [5.74, 6) is -28.6. The van der Waals surface area contributed by atoms with E-state index in [1.165, 1.54) is 12.1 Å². The Morgan fingerprint density at radius 2 is 0.439 bits per heavy atom. The van der Waals surface area contributed by atoms with Gasteiger partial charge in [-0.1, -0.05) is 0 Å². The second-order valence-electron chi connectivity index (χ2n) is 20.5. The second kappa shape index (κ2) is 61.8. The molecular weight excluding hydrogens is 1470 g/mol. The maximum atomic E-state index is 14.4. The third-order valence-electron chi connectivity index (χ3n) is 12.8. The normalized spacial score (nSPS) is 11.1. The minimum Gasteiger partial charge on any atom is -0.503 e. The second-order valence-corrected chi connectivity index (χ2v) is 20.5. The summed E-state index contributed by atoms with van der Waals surface area (Å²) in [6, 6.07) is 4.94. The Kier molecular flexibility index (Phi) is 55.5. The zero-order valence-corrected chi connectivity index (χ0v) is 60.5. The highest BCUT2D eigenvalue weighted by Gasteiger charge is 2.31. The average Bonchev–Trinajstić information content (AvgIpc) is 0.783. The fourth-order valence-corrected chi connectivity index (χ4v) is 7.56. The molecule has 0 amide bonds. The number of carboxylic acids is 1. The zero-order chi connectivity index (χ0) is 78.7. The third kappa shape index (κ3) is 40.9. The summed E-state index contributed by atoms with van der Waals surface area (Å²) in [5.41, 5.74) is -0.465. The highest BCUT2D eigenvalue weighted by Crippen LogP contribution is 2.41. The molecule has 0 saturated carbocycles. The van der Waals surface area contributed by atoms with Gasteiger partial charge in [-0.2, -0.15) is 17.6 Å². The molecule has 0 heterocycles. The van der Waals surface area contributed by atoms with Crippen molar-refractivity contribution < 1.29 is 182 Å². The van der Waals surface area contributed by atoms with Crippen molar-refractivity contribution in [2.24, 2.45) is 0 Å². The van der Waals surface area contributed by atoms with E-state index < -0.39 is 87.2 Å². The van der Waals surface area contributed by atoms with Crippen LogP contribution in [0, 0.1) is 58.2 Å². The molecular formula is C68H96F10O29. The monoisotopic (exact) mass is 1570 g/mol. The standard InChI is InChI=1S/C34H47F5O14.C28H48O14.C6HF5O/c1-41-4-7-44-10-13-47-16-19-50-25-22-24(34(40)53-33-30(38)28(36)27(35)29(37)31(33)39)23-26(51-20-17-48-14-11-45-8-5-42-2)32(25)52-21-18-49-15-12-46-9-6-43-3;1-31-4-7-34-10-13-37-16-19-40-25-22-24(28(29)30)23-26(41-20-17-38-14-11-35-8-5-32-2)27(25)42-21-18-39-15-12-36-9-6-33-3;7-1-2(8)4(10)6(12)5(11)3(1)9/h22-23H,4-21H2,1-3H3;22-23H,4-21H2,1-3H3,(H,29,30);12H.